The van der Waals surface area contributed by atoms with Crippen LogP contribution in [-0.4, -0.2) is 208 Å². The molecule has 1 aliphatic rings. The van der Waals surface area contributed by atoms with Gasteiger partial charge in [-0.15, -0.1) is 0 Å². The molecule has 0 amide bonds. The Morgan fingerprint density at radius 1 is 0.448 bits per heavy atom. The molecule has 0 fully saturated rings. The van der Waals surface area contributed by atoms with Crippen LogP contribution in [0.4, 0.5) is 11.9 Å². The number of nitrogens with one attached hydrogen (secondary N) is 5. The number of hydrogen-bond acceptors (Lipinski definition) is 31. The van der Waals surface area contributed by atoms with Gasteiger partial charge in [-0.1, -0.05) is 173 Å². The Morgan fingerprint density at radius 2 is 0.799 bits per heavy atom. The Kier molecular flexibility index (Phi) is 50.4. The molecule has 0 radical (unpaired) electrons. The number of rotatable bonds is 38. The van der Waals surface area contributed by atoms with Crippen molar-refractivity contribution in [2.45, 2.75) is 157 Å². The summed E-state index contributed by atoms with van der Waals surface area (Å²) in [5, 5.41) is 31.5. The SMILES string of the molecule is C=CS(=O)(=O)CCCCC.CCCCCS(=O)(=O)CCn1ncc2nc(Cl)[nH]c(=O)c21.CCCCCS(=O)(=O)CCn1ncc2nc(Cl)nc(OC)c21.CCCCCS(=O)(=O)CCn1ncc2nc(NCc3ccc(Cl)c(Cl)c3)[nH]c(=O)c21.COc1nc(Cl)nc2c1CN=C2.NCc1ccc(Cl)c(Cl)c1.NS(=O)(=O)CCn1ncc2nc(NCc3ccc(Cl)c(Cl)c3)[nH]c(=O)c21.O.[Li+].[OH-]. The minimum absolute atomic E-state index is 0. The van der Waals surface area contributed by atoms with E-state index >= 15 is 0 Å². The van der Waals surface area contributed by atoms with Gasteiger partial charge in [0.15, 0.2) is 55.9 Å². The van der Waals surface area contributed by atoms with Crippen molar-refractivity contribution in [1.29, 1.82) is 0 Å². The fourth-order valence-electron chi connectivity index (χ4n) is 11.9. The molecule has 0 saturated carbocycles. The number of aryl methyl sites for hydroxylation is 4. The normalized spacial score (nSPS) is 11.6. The molecule has 9 aromatic heterocycles. The van der Waals surface area contributed by atoms with Gasteiger partial charge >= 0.3 is 18.9 Å². The fourth-order valence-corrected chi connectivity index (χ4v) is 18.5. The van der Waals surface area contributed by atoms with Gasteiger partial charge in [0.2, 0.25) is 49.5 Å². The van der Waals surface area contributed by atoms with E-state index in [0.29, 0.717) is 109 Å². The third kappa shape index (κ3) is 38.6. The molecule has 0 bridgehead atoms. The third-order valence-corrected chi connectivity index (χ3v) is 28.7. The molecule has 12 aromatic rings. The van der Waals surface area contributed by atoms with Crippen molar-refractivity contribution < 1.29 is 81.4 Å². The summed E-state index contributed by atoms with van der Waals surface area (Å²) in [7, 11) is -13.0. The molecular formula is C79H103Cl9LiN23O17S5. The average Bonchev–Trinajstić information content (AvgIpc) is 1.66. The summed E-state index contributed by atoms with van der Waals surface area (Å²) in [5.41, 5.74) is 11.3. The summed E-state index contributed by atoms with van der Waals surface area (Å²) >= 11 is 52.2. The molecule has 3 aromatic carbocycles. The van der Waals surface area contributed by atoms with E-state index < -0.39 is 66.1 Å². The van der Waals surface area contributed by atoms with Crippen LogP contribution >= 0.6 is 104 Å². The molecule has 0 spiro atoms. The quantitative estimate of drug-likeness (QED) is 0.0107. The molecule has 0 atom stereocenters. The van der Waals surface area contributed by atoms with E-state index in [4.69, 9.17) is 125 Å². The monoisotopic (exact) mass is 2130 g/mol. The number of nitrogens with two attached hydrogens (primary N) is 2. The first-order valence-electron chi connectivity index (χ1n) is 40.6. The van der Waals surface area contributed by atoms with Crippen LogP contribution in [0.25, 0.3) is 44.1 Å². The van der Waals surface area contributed by atoms with Gasteiger partial charge in [-0.3, -0.25) is 53.1 Å². The summed E-state index contributed by atoms with van der Waals surface area (Å²) in [6, 6.07) is 15.8. The summed E-state index contributed by atoms with van der Waals surface area (Å²) < 4.78 is 132. The number of primary sulfonamides is 1. The van der Waals surface area contributed by atoms with Gasteiger partial charge in [0.05, 0.1) is 159 Å². The molecular weight excluding hydrogens is 2030 g/mol. The molecule has 134 heavy (non-hydrogen) atoms. The Morgan fingerprint density at radius 3 is 1.18 bits per heavy atom. The van der Waals surface area contributed by atoms with Crippen LogP contribution < -0.4 is 66.5 Å². The molecule has 730 valence electrons. The van der Waals surface area contributed by atoms with Crippen molar-refractivity contribution in [3.8, 4) is 11.8 Å². The number of methoxy groups -OCH3 is 2. The second-order valence-electron chi connectivity index (χ2n) is 28.8. The maximum absolute atomic E-state index is 12.5. The van der Waals surface area contributed by atoms with Crippen LogP contribution in [0.2, 0.25) is 46.0 Å². The number of aromatic amines is 3. The van der Waals surface area contributed by atoms with Crippen LogP contribution in [0, 0.1) is 0 Å². The number of H-pyrrole nitrogens is 3. The number of halogens is 9. The first kappa shape index (κ1) is 118. The van der Waals surface area contributed by atoms with E-state index in [1.54, 1.807) is 60.5 Å². The molecule has 13 rings (SSSR count). The van der Waals surface area contributed by atoms with Crippen LogP contribution in [0.3, 0.4) is 0 Å². The molecule has 1 aliphatic heterocycles. The van der Waals surface area contributed by atoms with Crippen molar-refractivity contribution in [2.75, 3.05) is 70.9 Å². The Bertz CT molecular complexity index is 6720. The van der Waals surface area contributed by atoms with E-state index in [1.807, 2.05) is 39.8 Å². The number of unbranched alkanes of at least 4 members (excludes halogenated alkanes) is 8. The van der Waals surface area contributed by atoms with Crippen LogP contribution in [0.15, 0.2) is 111 Å². The molecule has 10 heterocycles. The first-order chi connectivity index (χ1) is 62.1. The van der Waals surface area contributed by atoms with Crippen molar-refractivity contribution in [2.24, 2.45) is 15.9 Å². The van der Waals surface area contributed by atoms with Gasteiger partial charge in [-0.2, -0.15) is 30.4 Å². The van der Waals surface area contributed by atoms with Crippen molar-refractivity contribution in [1.82, 2.24) is 89.0 Å². The maximum atomic E-state index is 12.5. The Hall–Kier alpha value is -8.25. The maximum Gasteiger partial charge on any atom is 1.00 e. The number of hydrogen-bond donors (Lipinski definition) is 7. The second-order valence-corrected chi connectivity index (χ2v) is 43.0. The first-order valence-corrected chi connectivity index (χ1v) is 52.9. The number of sulfonamides is 1. The topological polar surface area (TPSA) is 599 Å². The zero-order chi connectivity index (χ0) is 96.4. The van der Waals surface area contributed by atoms with Gasteiger partial charge in [0.25, 0.3) is 16.7 Å². The van der Waals surface area contributed by atoms with Gasteiger partial charge in [0.1, 0.15) is 27.6 Å². The van der Waals surface area contributed by atoms with Crippen molar-refractivity contribution in [3.63, 3.8) is 0 Å². The summed E-state index contributed by atoms with van der Waals surface area (Å²) in [6.07, 6.45) is 17.9. The number of fused-ring (bicyclic) bond motifs is 5. The predicted molar refractivity (Wildman–Crippen MR) is 525 cm³/mol. The van der Waals surface area contributed by atoms with Gasteiger partial charge in [0, 0.05) is 31.3 Å². The zero-order valence-electron chi connectivity index (χ0n) is 74.0. The zero-order valence-corrected chi connectivity index (χ0v) is 84.9. The minimum atomic E-state index is -3.66. The number of aliphatic imine (C=N–C) groups is 1. The van der Waals surface area contributed by atoms with Gasteiger partial charge in [-0.05, 0) is 114 Å². The molecule has 12 N–H and O–H groups in total. The molecule has 0 saturated heterocycles. The average molecular weight is 2130 g/mol. The molecule has 0 unspecified atom stereocenters. The number of aromatic nitrogens is 18. The second kappa shape index (κ2) is 57.2. The van der Waals surface area contributed by atoms with Crippen LogP contribution in [-0.2, 0) is 102 Å². The standard InChI is InChI=1S/C19H23Cl2N5O3S.C14H14Cl2N6O3S.C13H19ClN4O3S.C12H17ClN4O3S.C7H7Cl2N.C7H6ClN3O.C7H14O2S.Li.2H2O/c1-2-3-4-8-30(28,29)9-7-26-17-16(12-23-26)24-19(25-18(17)27)22-11-13-5-6-14(20)15(21)10-13;15-9-2-1-8(5-10(9)16)6-18-14-20-11-7-19-22(3-4-26(17,24)25)12(11)13(23)21-14;1-3-4-5-7-22(19,20)8-6-18-11-10(9-15-18)16-13(14)17-12(11)21-2;1-2-3-4-6-21(19,20)7-5-17-10-9(8-14-17)15-12(13)16-11(10)18;8-6-2-1-5(4-10)3-7(6)9;1-12-6-4-2-9-3-5(4)10-7(8)11-6;1-3-5-6-7-10(8,9)4-2;;;/h5-6,10,12H,2-4,7-9,11H2,1H3,(H2,22,24,25,27);1-2,5,7H,3-4,6H2,(H2,17,24,25)(H2,18,20,21,23);9H,3-8H2,1-2H3;8H,2-7H2,1H3,(H,15,16,18);1-3H,4,10H2;3H,2H2,1H3;4H,2-3,5-7H2,1H3;;2*1H2/q;;;;;;;+1;;/p-1. The van der Waals surface area contributed by atoms with E-state index in [9.17, 15) is 56.5 Å². The molecule has 55 heteroatoms. The van der Waals surface area contributed by atoms with Gasteiger partial charge < -0.3 is 36.8 Å². The Labute approximate surface area is 831 Å². The van der Waals surface area contributed by atoms with Crippen molar-refractivity contribution in [3.05, 3.63) is 196 Å². The Balaban J connectivity index is 0.000000336. The fraction of sp³-hybridized carbons (Fsp3) is 0.430. The van der Waals surface area contributed by atoms with Crippen molar-refractivity contribution >= 4 is 216 Å². The summed E-state index contributed by atoms with van der Waals surface area (Å²) in [4.78, 5) is 76.8. The predicted octanol–water partition coefficient (Wildman–Crippen LogP) is 9.70. The number of benzene rings is 3. The molecule has 0 aliphatic carbocycles. The summed E-state index contributed by atoms with van der Waals surface area (Å²) in [6.45, 7) is 13.6. The van der Waals surface area contributed by atoms with E-state index in [2.05, 4.69) is 92.4 Å². The van der Waals surface area contributed by atoms with Crippen LogP contribution in [0.5, 0.6) is 11.8 Å². The third-order valence-electron chi connectivity index (χ3n) is 18.7. The number of anilines is 2. The van der Waals surface area contributed by atoms with E-state index in [-0.39, 0.29) is 152 Å². The number of nitrogens with zero attached hydrogens (tertiary/aromatic N) is 16. The molecule has 40 nitrogen and oxygen atoms in total. The van der Waals surface area contributed by atoms with Gasteiger partial charge in [-0.25, -0.2) is 72.1 Å². The largest absolute Gasteiger partial charge is 1.00 e. The number of ether oxygens (including phenoxy) is 2. The summed E-state index contributed by atoms with van der Waals surface area (Å²) in [5.74, 6) is 1.70. The smallest absolute Gasteiger partial charge is 0.870 e. The van der Waals surface area contributed by atoms with Crippen LogP contribution in [0.1, 0.15) is 133 Å². The minimum Gasteiger partial charge on any atom is -0.870 e. The van der Waals surface area contributed by atoms with E-state index in [1.165, 1.54) is 45.9 Å². The van der Waals surface area contributed by atoms with E-state index in [0.717, 1.165) is 91.1 Å². The number of sulfone groups is 4.